The second-order valence-electron chi connectivity index (χ2n) is 1.31. The molecule has 0 heterocycles. The zero-order chi connectivity index (χ0) is 4.99. The number of carbonyl (C=O) groups excluding carboxylic acids is 1. The zero-order valence-corrected chi connectivity index (χ0v) is 9.16. The summed E-state index contributed by atoms with van der Waals surface area (Å²) < 4.78 is 0. The molecule has 0 aliphatic carbocycles. The quantitative estimate of drug-likeness (QED) is 0.638. The van der Waals surface area contributed by atoms with Gasteiger partial charge in [-0.2, -0.15) is 5.92 Å². The standard InChI is InChI=1S/C5H8O.V.Y/c1-3-5(2)4-6;;/h5H,1,3H2,2H3;;/q-2;;/t5-;;/m0../s1. The van der Waals surface area contributed by atoms with E-state index in [1.54, 1.807) is 13.2 Å². The van der Waals surface area contributed by atoms with Crippen molar-refractivity contribution in [1.82, 2.24) is 0 Å². The maximum atomic E-state index is 9.57. The molecule has 0 fully saturated rings. The first kappa shape index (κ1) is 16.2. The molecule has 0 N–H and O–H groups in total. The molecule has 0 bridgehead atoms. The second-order valence-corrected chi connectivity index (χ2v) is 1.31. The smallest absolute Gasteiger partial charge is 0 e. The van der Waals surface area contributed by atoms with Gasteiger partial charge >= 0.3 is 0 Å². The number of hydrogen-bond acceptors (Lipinski definition) is 1. The Morgan fingerprint density at radius 3 is 2.12 bits per heavy atom. The molecular weight excluding hydrogens is 216 g/mol. The van der Waals surface area contributed by atoms with Gasteiger partial charge in [0.1, 0.15) is 0 Å². The van der Waals surface area contributed by atoms with E-state index in [-0.39, 0.29) is 57.2 Å². The third-order valence-electron chi connectivity index (χ3n) is 0.634. The van der Waals surface area contributed by atoms with Gasteiger partial charge in [-0.1, -0.05) is 6.92 Å². The van der Waals surface area contributed by atoms with Gasteiger partial charge in [0.05, 0.1) is 0 Å². The molecule has 0 aromatic rings. The molecular formula is C5H8OVY-2. The van der Waals surface area contributed by atoms with Crippen LogP contribution in [0.3, 0.4) is 0 Å². The minimum atomic E-state index is 0. The molecule has 8 heavy (non-hydrogen) atoms. The van der Waals surface area contributed by atoms with Gasteiger partial charge in [-0.05, 0) is 0 Å². The number of hydrogen-bond donors (Lipinski definition) is 0. The summed E-state index contributed by atoms with van der Waals surface area (Å²) in [4.78, 5) is 9.57. The third kappa shape index (κ3) is 10.4. The molecule has 0 amide bonds. The van der Waals surface area contributed by atoms with Crippen molar-refractivity contribution in [2.75, 3.05) is 0 Å². The monoisotopic (exact) mass is 224 g/mol. The van der Waals surface area contributed by atoms with Crippen LogP contribution in [0.15, 0.2) is 0 Å². The minimum Gasteiger partial charge on any atom is -0.542 e. The van der Waals surface area contributed by atoms with Gasteiger partial charge in [0.15, 0.2) is 0 Å². The van der Waals surface area contributed by atoms with E-state index in [9.17, 15) is 4.79 Å². The fourth-order valence-corrected chi connectivity index (χ4v) is 0.0589. The van der Waals surface area contributed by atoms with Crippen molar-refractivity contribution in [3.8, 4) is 0 Å². The second kappa shape index (κ2) is 11.2. The van der Waals surface area contributed by atoms with Gasteiger partial charge in [-0.3, -0.25) is 6.29 Å². The van der Waals surface area contributed by atoms with E-state index in [4.69, 9.17) is 0 Å². The van der Waals surface area contributed by atoms with Crippen molar-refractivity contribution in [2.24, 2.45) is 5.92 Å². The van der Waals surface area contributed by atoms with Crippen LogP contribution in [-0.2, 0) is 56.1 Å². The van der Waals surface area contributed by atoms with Gasteiger partial charge in [-0.15, -0.1) is 0 Å². The Bertz CT molecular complexity index is 49.7. The summed E-state index contributed by atoms with van der Waals surface area (Å²) in [5.41, 5.74) is 0. The van der Waals surface area contributed by atoms with Gasteiger partial charge < -0.3 is 11.7 Å². The van der Waals surface area contributed by atoms with Crippen LogP contribution < -0.4 is 0 Å². The van der Waals surface area contributed by atoms with Crippen molar-refractivity contribution < 1.29 is 56.1 Å². The summed E-state index contributed by atoms with van der Waals surface area (Å²) in [6.45, 7) is 5.29. The first-order chi connectivity index (χ1) is 2.81. The average molecular weight is 224 g/mol. The fraction of sp³-hybridized carbons (Fsp3) is 0.600. The maximum absolute atomic E-state index is 9.57. The maximum Gasteiger partial charge on any atom is 0 e. The molecule has 0 aromatic heterocycles. The Morgan fingerprint density at radius 1 is 1.75 bits per heavy atom. The van der Waals surface area contributed by atoms with Gasteiger partial charge in [0.2, 0.25) is 0 Å². The molecule has 0 aliphatic rings. The van der Waals surface area contributed by atoms with Crippen LogP contribution >= 0.6 is 0 Å². The van der Waals surface area contributed by atoms with Gasteiger partial charge in [0.25, 0.3) is 0 Å². The molecule has 0 unspecified atom stereocenters. The van der Waals surface area contributed by atoms with Crippen molar-refractivity contribution in [2.45, 2.75) is 13.3 Å². The Labute approximate surface area is 87.8 Å². The number of rotatable bonds is 2. The molecule has 1 atom stereocenters. The predicted molar refractivity (Wildman–Crippen MR) is 24.8 cm³/mol. The van der Waals surface area contributed by atoms with Crippen molar-refractivity contribution in [3.05, 3.63) is 6.92 Å². The summed E-state index contributed by atoms with van der Waals surface area (Å²) in [7, 11) is 0. The molecule has 0 aromatic carbocycles. The van der Waals surface area contributed by atoms with Gasteiger partial charge in [0, 0.05) is 51.3 Å². The summed E-state index contributed by atoms with van der Waals surface area (Å²) >= 11 is 0. The molecule has 44 valence electrons. The zero-order valence-electron chi connectivity index (χ0n) is 4.92. The predicted octanol–water partition coefficient (Wildman–Crippen LogP) is 0.951. The van der Waals surface area contributed by atoms with Crippen molar-refractivity contribution in [3.63, 3.8) is 0 Å². The third-order valence-corrected chi connectivity index (χ3v) is 0.634. The molecule has 0 aliphatic heterocycles. The summed E-state index contributed by atoms with van der Waals surface area (Å²) in [6, 6.07) is 0. The van der Waals surface area contributed by atoms with E-state index < -0.39 is 0 Å². The van der Waals surface area contributed by atoms with Crippen LogP contribution in [-0.4, -0.2) is 6.29 Å². The van der Waals surface area contributed by atoms with Crippen LogP contribution in [0.25, 0.3) is 0 Å². The van der Waals surface area contributed by atoms with Crippen LogP contribution in [0.4, 0.5) is 0 Å². The molecule has 1 nitrogen and oxygen atoms in total. The summed E-state index contributed by atoms with van der Waals surface area (Å²) in [6.07, 6.45) is 2.46. The normalized spacial score (nSPS) is 10.2. The van der Waals surface area contributed by atoms with Crippen LogP contribution in [0.2, 0.25) is 0 Å². The first-order valence-corrected chi connectivity index (χ1v) is 1.98. The van der Waals surface area contributed by atoms with Crippen LogP contribution in [0.5, 0.6) is 0 Å². The fourth-order valence-electron chi connectivity index (χ4n) is 0.0589. The Morgan fingerprint density at radius 2 is 2.12 bits per heavy atom. The molecule has 2 radical (unpaired) electrons. The SMILES string of the molecule is [CH2-]C[C@H](C)[C-]=O.[V].[Y]. The summed E-state index contributed by atoms with van der Waals surface area (Å²) in [5.74, 6) is 0.0185. The molecule has 0 saturated heterocycles. The Balaban J connectivity index is -0.000000125. The van der Waals surface area contributed by atoms with E-state index in [0.717, 1.165) is 0 Å². The van der Waals surface area contributed by atoms with E-state index in [0.29, 0.717) is 6.42 Å². The Kier molecular flexibility index (Phi) is 22.6. The van der Waals surface area contributed by atoms with E-state index in [1.165, 1.54) is 0 Å². The first-order valence-electron chi connectivity index (χ1n) is 1.98. The molecule has 0 saturated carbocycles. The largest absolute Gasteiger partial charge is 0.542 e. The Hall–Kier alpha value is 1.36. The van der Waals surface area contributed by atoms with Gasteiger partial charge in [-0.25, -0.2) is 6.42 Å². The van der Waals surface area contributed by atoms with Crippen LogP contribution in [0.1, 0.15) is 13.3 Å². The van der Waals surface area contributed by atoms with E-state index in [2.05, 4.69) is 6.92 Å². The van der Waals surface area contributed by atoms with Crippen molar-refractivity contribution >= 4 is 6.29 Å². The topological polar surface area (TPSA) is 17.1 Å². The van der Waals surface area contributed by atoms with Crippen molar-refractivity contribution in [1.29, 1.82) is 0 Å². The van der Waals surface area contributed by atoms with E-state index in [1.807, 2.05) is 0 Å². The summed E-state index contributed by atoms with van der Waals surface area (Å²) in [5, 5.41) is 0. The minimum absolute atomic E-state index is 0. The molecule has 3 heteroatoms. The molecule has 0 spiro atoms. The molecule has 0 rings (SSSR count). The average Bonchev–Trinajstić information content (AvgIpc) is 1.65. The van der Waals surface area contributed by atoms with E-state index >= 15 is 0 Å². The van der Waals surface area contributed by atoms with Crippen LogP contribution in [0, 0.1) is 12.8 Å².